The molecule has 0 radical (unpaired) electrons. The average Bonchev–Trinajstić information content (AvgIpc) is 2.96. The Morgan fingerprint density at radius 2 is 1.57 bits per heavy atom. The van der Waals surface area contributed by atoms with Crippen molar-refractivity contribution < 1.29 is 64.2 Å². The van der Waals surface area contributed by atoms with Gasteiger partial charge in [-0.15, -0.1) is 11.8 Å². The first-order valence-electron chi connectivity index (χ1n) is 13.3. The van der Waals surface area contributed by atoms with Crippen LogP contribution in [0.15, 0.2) is 52.3 Å². The van der Waals surface area contributed by atoms with E-state index in [0.717, 1.165) is 11.0 Å². The predicted molar refractivity (Wildman–Crippen MR) is 157 cm³/mol. The van der Waals surface area contributed by atoms with Gasteiger partial charge in [0.05, 0.1) is 34.0 Å². The number of halogens is 6. The van der Waals surface area contributed by atoms with Gasteiger partial charge < -0.3 is 26.6 Å². The average molecular weight is 717 g/mol. The molecule has 2 aromatic rings. The minimum Gasteiger partial charge on any atom is -0.475 e. The molecular weight excluding hydrogens is 686 g/mol. The summed E-state index contributed by atoms with van der Waals surface area (Å²) in [4.78, 5) is 46.3. The fourth-order valence-electron chi connectivity index (χ4n) is 4.45. The Morgan fingerprint density at radius 3 is 2.09 bits per heavy atom. The minimum atomic E-state index is -5.08. The number of hydrogen-bond donors (Lipinski definition) is 6. The molecule has 0 unspecified atom stereocenters. The van der Waals surface area contributed by atoms with Crippen molar-refractivity contribution in [1.82, 2.24) is 10.6 Å². The summed E-state index contributed by atoms with van der Waals surface area (Å²) < 4.78 is 97.3. The van der Waals surface area contributed by atoms with E-state index in [1.54, 1.807) is 12.1 Å². The van der Waals surface area contributed by atoms with E-state index >= 15 is 0 Å². The summed E-state index contributed by atoms with van der Waals surface area (Å²) >= 11 is 1.48. The number of carboxylic acid groups (broad SMARTS) is 2. The third-order valence-electron chi connectivity index (χ3n) is 6.72. The third kappa shape index (κ3) is 12.2. The number of nitrogens with one attached hydrogen (secondary N) is 3. The van der Waals surface area contributed by atoms with Crippen molar-refractivity contribution in [2.45, 2.75) is 53.5 Å². The molecule has 3 rings (SSSR count). The van der Waals surface area contributed by atoms with Gasteiger partial charge in [-0.25, -0.2) is 18.0 Å². The number of carboxylic acids is 1. The number of amides is 3. The smallest absolute Gasteiger partial charge is 0.475 e. The van der Waals surface area contributed by atoms with Crippen LogP contribution < -0.4 is 21.7 Å². The molecule has 3 amide bonds. The van der Waals surface area contributed by atoms with Crippen LogP contribution in [-0.2, 0) is 25.6 Å². The predicted octanol–water partition coefficient (Wildman–Crippen LogP) is 3.97. The number of carbonyl (C=O) groups is 4. The number of sulfone groups is 1. The van der Waals surface area contributed by atoms with E-state index in [1.165, 1.54) is 23.9 Å². The van der Waals surface area contributed by atoms with Crippen molar-refractivity contribution in [3.05, 3.63) is 53.6 Å². The Labute approximate surface area is 268 Å². The highest BCUT2D eigenvalue weighted by Gasteiger charge is 2.38. The van der Waals surface area contributed by atoms with E-state index in [1.807, 2.05) is 11.6 Å². The first-order valence-corrected chi connectivity index (χ1v) is 16.2. The van der Waals surface area contributed by atoms with Crippen LogP contribution in [0.2, 0.25) is 0 Å². The summed E-state index contributed by atoms with van der Waals surface area (Å²) in [7, 11) is -3.68. The third-order valence-corrected chi connectivity index (χ3v) is 9.32. The van der Waals surface area contributed by atoms with Crippen LogP contribution in [0.1, 0.15) is 35.2 Å². The maximum absolute atomic E-state index is 13.1. The topological polar surface area (TPSA) is 205 Å². The largest absolute Gasteiger partial charge is 0.490 e. The van der Waals surface area contributed by atoms with E-state index in [-0.39, 0.29) is 16.7 Å². The molecular formula is C27H30F6N4O8S2. The maximum Gasteiger partial charge on any atom is 0.490 e. The highest BCUT2D eigenvalue weighted by molar-refractivity contribution is 7.98. The van der Waals surface area contributed by atoms with Crippen LogP contribution in [0, 0.1) is 5.92 Å². The number of aliphatic carboxylic acids is 1. The Hall–Kier alpha value is -4.04. The van der Waals surface area contributed by atoms with Gasteiger partial charge in [-0.2, -0.15) is 26.3 Å². The molecule has 20 heteroatoms. The van der Waals surface area contributed by atoms with Gasteiger partial charge in [-0.3, -0.25) is 14.9 Å². The van der Waals surface area contributed by atoms with Crippen LogP contribution >= 0.6 is 11.8 Å². The van der Waals surface area contributed by atoms with Crippen molar-refractivity contribution in [3.63, 3.8) is 0 Å². The van der Waals surface area contributed by atoms with Gasteiger partial charge in [0.2, 0.25) is 5.91 Å². The number of anilines is 1. The molecule has 3 atom stereocenters. The second-order valence-corrected chi connectivity index (χ2v) is 13.1. The number of hydrogen-bond acceptors (Lipinski definition) is 8. The molecule has 0 aliphatic heterocycles. The molecule has 1 saturated carbocycles. The normalized spacial score (nSPS) is 18.3. The molecule has 7 N–H and O–H groups in total. The van der Waals surface area contributed by atoms with Gasteiger partial charge in [0.1, 0.15) is 0 Å². The van der Waals surface area contributed by atoms with E-state index in [9.17, 15) is 49.1 Å². The number of nitrogens with two attached hydrogens (primary N) is 1. The molecule has 0 aromatic heterocycles. The van der Waals surface area contributed by atoms with Crippen molar-refractivity contribution in [2.24, 2.45) is 11.7 Å². The molecule has 0 heterocycles. The molecule has 1 aliphatic rings. The summed E-state index contributed by atoms with van der Waals surface area (Å²) in [6.45, 7) is -0.650. The zero-order chi connectivity index (χ0) is 35.7. The summed E-state index contributed by atoms with van der Waals surface area (Å²) in [6.07, 6.45) is -8.30. The Morgan fingerprint density at radius 1 is 0.979 bits per heavy atom. The first kappa shape index (κ1) is 39.1. The number of carbonyl (C=O) groups excluding carboxylic acids is 2. The van der Waals surface area contributed by atoms with E-state index in [4.69, 9.17) is 20.7 Å². The highest BCUT2D eigenvalue weighted by Crippen LogP contribution is 2.32. The van der Waals surface area contributed by atoms with E-state index in [2.05, 4.69) is 10.6 Å². The van der Waals surface area contributed by atoms with Gasteiger partial charge in [-0.1, -0.05) is 0 Å². The van der Waals surface area contributed by atoms with Crippen LogP contribution in [0.3, 0.4) is 0 Å². The monoisotopic (exact) mass is 716 g/mol. The molecule has 12 nitrogen and oxygen atoms in total. The maximum atomic E-state index is 13.1. The van der Waals surface area contributed by atoms with Crippen molar-refractivity contribution in [3.8, 4) is 0 Å². The Kier molecular flexibility index (Phi) is 13.5. The minimum absolute atomic E-state index is 0.157. The molecule has 2 aromatic carbocycles. The molecule has 0 spiro atoms. The lowest BCUT2D eigenvalue weighted by molar-refractivity contribution is -0.192. The molecule has 1 aliphatic carbocycles. The van der Waals surface area contributed by atoms with Gasteiger partial charge >= 0.3 is 24.4 Å². The lowest BCUT2D eigenvalue weighted by atomic mass is 9.83. The first-order chi connectivity index (χ1) is 21.6. The quantitative estimate of drug-likeness (QED) is 0.163. The SMILES string of the molecule is CSc1ccc(S(=O)(=O)C[C@@H]2CC[C@@H](N)C[C@@H]2NC(=O)CNC(=O)c2cc(C(F)(F)F)ccc2NC(=O)O)cc1.O=C(O)C(F)(F)F. The summed E-state index contributed by atoms with van der Waals surface area (Å²) in [5, 5.41) is 22.8. The molecule has 47 heavy (non-hydrogen) atoms. The fourth-order valence-corrected chi connectivity index (χ4v) is 6.56. The van der Waals surface area contributed by atoms with Gasteiger partial charge in [-0.05, 0) is 73.9 Å². The van der Waals surface area contributed by atoms with Crippen LogP contribution in [-0.4, -0.2) is 79.3 Å². The Balaban J connectivity index is 0.000000984. The fraction of sp³-hybridized carbons (Fsp3) is 0.407. The van der Waals surface area contributed by atoms with E-state index < -0.39 is 81.4 Å². The van der Waals surface area contributed by atoms with Gasteiger partial charge in [0.25, 0.3) is 5.91 Å². The zero-order valence-electron chi connectivity index (χ0n) is 24.3. The molecule has 260 valence electrons. The highest BCUT2D eigenvalue weighted by atomic mass is 32.2. The second kappa shape index (κ2) is 16.2. The number of alkyl halides is 6. The van der Waals surface area contributed by atoms with E-state index in [0.29, 0.717) is 31.4 Å². The van der Waals surface area contributed by atoms with Gasteiger partial charge in [0.15, 0.2) is 9.84 Å². The van der Waals surface area contributed by atoms with Crippen LogP contribution in [0.25, 0.3) is 0 Å². The van der Waals surface area contributed by atoms with Crippen LogP contribution in [0.4, 0.5) is 36.8 Å². The van der Waals surface area contributed by atoms with Crippen molar-refractivity contribution >= 4 is 51.2 Å². The molecule has 1 fully saturated rings. The Bertz CT molecular complexity index is 1550. The lowest BCUT2D eigenvalue weighted by Gasteiger charge is -2.35. The lowest BCUT2D eigenvalue weighted by Crippen LogP contribution is -2.51. The van der Waals surface area contributed by atoms with Gasteiger partial charge in [0, 0.05) is 17.0 Å². The summed E-state index contributed by atoms with van der Waals surface area (Å²) in [5.74, 6) is -5.27. The number of thioether (sulfide) groups is 1. The van der Waals surface area contributed by atoms with Crippen LogP contribution in [0.5, 0.6) is 0 Å². The summed E-state index contributed by atoms with van der Waals surface area (Å²) in [5.41, 5.74) is 3.86. The van der Waals surface area contributed by atoms with Crippen molar-refractivity contribution in [2.75, 3.05) is 23.9 Å². The zero-order valence-corrected chi connectivity index (χ0v) is 25.9. The standard InChI is InChI=1S/C25H29F3N4O6S2.C2HF3O2/c1-39-17-5-7-18(8-6-17)40(37,38)13-14-2-4-16(29)11-21(14)31-22(33)12-30-23(34)19-10-15(25(26,27)28)3-9-20(19)32-24(35)36;3-2(4,5)1(6)7/h3,5-10,14,16,21,32H,2,4,11-13,29H2,1H3,(H,30,34)(H,31,33)(H,35,36);(H,6,7)/t14-,16+,21-;/m0./s1. The second-order valence-electron chi connectivity index (χ2n) is 10.1. The van der Waals surface area contributed by atoms with Crippen molar-refractivity contribution in [1.29, 1.82) is 0 Å². The number of rotatable bonds is 9. The number of benzene rings is 2. The molecule has 0 bridgehead atoms. The molecule has 0 saturated heterocycles. The summed E-state index contributed by atoms with van der Waals surface area (Å²) in [6, 6.07) is 7.46.